The Hall–Kier alpha value is -1.04. The van der Waals surface area contributed by atoms with Crippen molar-refractivity contribution in [1.82, 2.24) is 15.5 Å². The Labute approximate surface area is 115 Å². The molecule has 0 amide bonds. The highest BCUT2D eigenvalue weighted by Crippen LogP contribution is 2.21. The van der Waals surface area contributed by atoms with Crippen LogP contribution < -0.4 is 16.4 Å². The van der Waals surface area contributed by atoms with E-state index in [9.17, 15) is 5.11 Å². The zero-order valence-electron chi connectivity index (χ0n) is 11.9. The maximum Gasteiger partial charge on any atom is 0.108 e. The second-order valence-electron chi connectivity index (χ2n) is 5.46. The molecule has 5 heteroatoms. The topological polar surface area (TPSA) is 73.5 Å². The number of nitrogens with two attached hydrogens (primary N) is 1. The third-order valence-electron chi connectivity index (χ3n) is 3.63. The fourth-order valence-electron chi connectivity index (χ4n) is 2.67. The Morgan fingerprint density at radius 2 is 2.11 bits per heavy atom. The first-order chi connectivity index (χ1) is 9.08. The highest BCUT2D eigenvalue weighted by atomic mass is 16.3. The summed E-state index contributed by atoms with van der Waals surface area (Å²) < 4.78 is 0. The molecule has 3 atom stereocenters. The lowest BCUT2D eigenvalue weighted by Crippen LogP contribution is -2.49. The molecule has 2 aliphatic rings. The van der Waals surface area contributed by atoms with E-state index < -0.39 is 6.23 Å². The van der Waals surface area contributed by atoms with Gasteiger partial charge in [-0.2, -0.15) is 0 Å². The van der Waals surface area contributed by atoms with Gasteiger partial charge in [0.25, 0.3) is 0 Å². The number of nitrogens with zero attached hydrogens (tertiary/aromatic N) is 1. The Balaban J connectivity index is 2.19. The molecule has 0 aromatic heterocycles. The largest absolute Gasteiger partial charge is 0.379 e. The molecule has 19 heavy (non-hydrogen) atoms. The highest BCUT2D eigenvalue weighted by molar-refractivity contribution is 5.33. The molecule has 2 aliphatic heterocycles. The van der Waals surface area contributed by atoms with Gasteiger partial charge in [-0.05, 0) is 33.1 Å². The number of likely N-dealkylation sites (tertiary alicyclic amines) is 1. The number of hydrogen-bond donors (Lipinski definition) is 4. The van der Waals surface area contributed by atoms with Crippen LogP contribution in [0.1, 0.15) is 33.1 Å². The minimum atomic E-state index is -0.613. The summed E-state index contributed by atoms with van der Waals surface area (Å²) in [6.45, 7) is 5.97. The van der Waals surface area contributed by atoms with Gasteiger partial charge in [0.15, 0.2) is 0 Å². The molecule has 3 unspecified atom stereocenters. The lowest BCUT2D eigenvalue weighted by molar-refractivity contribution is 0.146. The van der Waals surface area contributed by atoms with Gasteiger partial charge in [-0.3, -0.25) is 5.32 Å². The molecule has 0 aromatic carbocycles. The number of aliphatic hydroxyl groups excluding tert-OH is 1. The Morgan fingerprint density at radius 1 is 1.42 bits per heavy atom. The molecule has 108 valence electrons. The SMILES string of the molecule is CC(O)NC(N)C1=C(N2CCCCC2)NC(C)C=C1. The molecule has 0 saturated carbocycles. The first kappa shape index (κ1) is 14.4. The fourth-order valence-corrected chi connectivity index (χ4v) is 2.67. The van der Waals surface area contributed by atoms with Crippen molar-refractivity contribution in [3.63, 3.8) is 0 Å². The molecule has 5 nitrogen and oxygen atoms in total. The maximum atomic E-state index is 9.43. The number of piperidine rings is 1. The molecular formula is C14H26N4O. The molecule has 1 saturated heterocycles. The first-order valence-corrected chi connectivity index (χ1v) is 7.21. The van der Waals surface area contributed by atoms with Gasteiger partial charge < -0.3 is 21.1 Å². The smallest absolute Gasteiger partial charge is 0.108 e. The van der Waals surface area contributed by atoms with Gasteiger partial charge in [-0.1, -0.05) is 12.2 Å². The molecule has 2 heterocycles. The molecule has 0 spiro atoms. The number of rotatable bonds is 4. The van der Waals surface area contributed by atoms with Crippen molar-refractivity contribution in [2.45, 2.75) is 51.5 Å². The van der Waals surface area contributed by atoms with Crippen molar-refractivity contribution in [3.05, 3.63) is 23.5 Å². The predicted octanol–water partition coefficient (Wildman–Crippen LogP) is 0.445. The summed E-state index contributed by atoms with van der Waals surface area (Å²) in [6.07, 6.45) is 6.98. The average Bonchev–Trinajstić information content (AvgIpc) is 2.38. The second-order valence-corrected chi connectivity index (χ2v) is 5.46. The molecular weight excluding hydrogens is 240 g/mol. The molecule has 0 bridgehead atoms. The number of aliphatic hydroxyl groups is 1. The molecule has 0 radical (unpaired) electrons. The third-order valence-corrected chi connectivity index (χ3v) is 3.63. The molecule has 0 aromatic rings. The van der Waals surface area contributed by atoms with Gasteiger partial charge in [0.05, 0.1) is 6.17 Å². The van der Waals surface area contributed by atoms with Gasteiger partial charge in [0.2, 0.25) is 0 Å². The van der Waals surface area contributed by atoms with Crippen LogP contribution in [0.25, 0.3) is 0 Å². The van der Waals surface area contributed by atoms with E-state index in [-0.39, 0.29) is 6.17 Å². The predicted molar refractivity (Wildman–Crippen MR) is 77.0 cm³/mol. The minimum absolute atomic E-state index is 0.319. The third kappa shape index (κ3) is 3.72. The maximum absolute atomic E-state index is 9.43. The minimum Gasteiger partial charge on any atom is -0.379 e. The summed E-state index contributed by atoms with van der Waals surface area (Å²) in [5.74, 6) is 1.12. The van der Waals surface area contributed by atoms with Crippen LogP contribution in [0.4, 0.5) is 0 Å². The monoisotopic (exact) mass is 266 g/mol. The van der Waals surface area contributed by atoms with Crippen molar-refractivity contribution < 1.29 is 5.11 Å². The zero-order chi connectivity index (χ0) is 13.8. The number of dihydropyridines is 1. The van der Waals surface area contributed by atoms with Crippen LogP contribution in [0.5, 0.6) is 0 Å². The highest BCUT2D eigenvalue weighted by Gasteiger charge is 2.23. The van der Waals surface area contributed by atoms with Crippen LogP contribution in [0.15, 0.2) is 23.5 Å². The van der Waals surface area contributed by atoms with Gasteiger partial charge in [0.1, 0.15) is 12.0 Å². The van der Waals surface area contributed by atoms with Crippen LogP contribution in [-0.4, -0.2) is 41.5 Å². The molecule has 5 N–H and O–H groups in total. The summed E-state index contributed by atoms with van der Waals surface area (Å²) in [4.78, 5) is 2.38. The molecule has 1 fully saturated rings. The van der Waals surface area contributed by atoms with E-state index in [4.69, 9.17) is 5.73 Å². The van der Waals surface area contributed by atoms with Crippen LogP contribution >= 0.6 is 0 Å². The number of nitrogens with one attached hydrogen (secondary N) is 2. The van der Waals surface area contributed by atoms with Crippen LogP contribution in [0, 0.1) is 0 Å². The van der Waals surface area contributed by atoms with E-state index in [2.05, 4.69) is 34.6 Å². The summed E-state index contributed by atoms with van der Waals surface area (Å²) in [7, 11) is 0. The van der Waals surface area contributed by atoms with Crippen LogP contribution in [0.2, 0.25) is 0 Å². The molecule has 2 rings (SSSR count). The number of hydrogen-bond acceptors (Lipinski definition) is 5. The van der Waals surface area contributed by atoms with Crippen molar-refractivity contribution in [3.8, 4) is 0 Å². The van der Waals surface area contributed by atoms with E-state index in [1.807, 2.05) is 0 Å². The van der Waals surface area contributed by atoms with Crippen molar-refractivity contribution in [2.75, 3.05) is 13.1 Å². The molecule has 0 aliphatic carbocycles. The van der Waals surface area contributed by atoms with Crippen molar-refractivity contribution in [1.29, 1.82) is 0 Å². The van der Waals surface area contributed by atoms with Crippen molar-refractivity contribution >= 4 is 0 Å². The van der Waals surface area contributed by atoms with E-state index >= 15 is 0 Å². The fraction of sp³-hybridized carbons (Fsp3) is 0.714. The normalized spacial score (nSPS) is 27.2. The quantitative estimate of drug-likeness (QED) is 0.556. The standard InChI is InChI=1S/C14H26N4O/c1-10-6-7-12(13(15)17-11(2)19)14(16-10)18-8-4-3-5-9-18/h6-7,10-11,13,16-17,19H,3-5,8-9,15H2,1-2H3. The second kappa shape index (κ2) is 6.41. The zero-order valence-corrected chi connectivity index (χ0v) is 11.9. The van der Waals surface area contributed by atoms with Gasteiger partial charge in [-0.15, -0.1) is 0 Å². The summed E-state index contributed by atoms with van der Waals surface area (Å²) in [6, 6.07) is 0.319. The van der Waals surface area contributed by atoms with Crippen LogP contribution in [0.3, 0.4) is 0 Å². The Morgan fingerprint density at radius 3 is 2.74 bits per heavy atom. The lowest BCUT2D eigenvalue weighted by Gasteiger charge is -2.37. The summed E-state index contributed by atoms with van der Waals surface area (Å²) in [5, 5.41) is 15.9. The van der Waals surface area contributed by atoms with E-state index in [0.29, 0.717) is 6.04 Å². The summed E-state index contributed by atoms with van der Waals surface area (Å²) >= 11 is 0. The van der Waals surface area contributed by atoms with Gasteiger partial charge in [0, 0.05) is 24.7 Å². The average molecular weight is 266 g/mol. The van der Waals surface area contributed by atoms with E-state index in [0.717, 1.165) is 24.5 Å². The van der Waals surface area contributed by atoms with Gasteiger partial charge >= 0.3 is 0 Å². The van der Waals surface area contributed by atoms with E-state index in [1.165, 1.54) is 19.3 Å². The lowest BCUT2D eigenvalue weighted by atomic mass is 10.0. The van der Waals surface area contributed by atoms with Crippen molar-refractivity contribution in [2.24, 2.45) is 5.73 Å². The first-order valence-electron chi connectivity index (χ1n) is 7.21. The Kier molecular flexibility index (Phi) is 4.85. The van der Waals surface area contributed by atoms with Crippen LogP contribution in [-0.2, 0) is 0 Å². The van der Waals surface area contributed by atoms with E-state index in [1.54, 1.807) is 6.92 Å². The Bertz CT molecular complexity index is 358. The van der Waals surface area contributed by atoms with Gasteiger partial charge in [-0.25, -0.2) is 0 Å². The summed E-state index contributed by atoms with van der Waals surface area (Å²) in [5.41, 5.74) is 7.17.